The summed E-state index contributed by atoms with van der Waals surface area (Å²) in [4.78, 5) is 30.6. The van der Waals surface area contributed by atoms with Gasteiger partial charge >= 0.3 is 6.09 Å². The number of piperidine rings is 1. The Balaban J connectivity index is 1.30. The number of hydroxylamine groups is 1. The van der Waals surface area contributed by atoms with Crippen LogP contribution in [0.5, 0.6) is 0 Å². The molecule has 0 spiro atoms. The minimum Gasteiger partial charge on any atom is -0.456 e. The van der Waals surface area contributed by atoms with Gasteiger partial charge in [0.25, 0.3) is 0 Å². The number of furan rings is 1. The molecule has 4 heterocycles. The molecule has 2 aliphatic heterocycles. The number of pyridine rings is 1. The van der Waals surface area contributed by atoms with Crippen molar-refractivity contribution in [2.75, 3.05) is 26.7 Å². The Kier molecular flexibility index (Phi) is 5.66. The number of carbonyl (C=O) groups excluding carboxylic acids is 1. The lowest BCUT2D eigenvalue weighted by atomic mass is 10.0. The number of nitrogens with zero attached hydrogens (tertiary/aromatic N) is 4. The molecule has 1 amide bonds. The first-order chi connectivity index (χ1) is 14.3. The van der Waals surface area contributed by atoms with Gasteiger partial charge < -0.3 is 14.1 Å². The van der Waals surface area contributed by atoms with Crippen LogP contribution in [0.2, 0.25) is 0 Å². The number of rotatable bonds is 4. The van der Waals surface area contributed by atoms with Crippen LogP contribution in [0.3, 0.4) is 0 Å². The van der Waals surface area contributed by atoms with Crippen molar-refractivity contribution in [3.8, 4) is 0 Å². The minimum absolute atomic E-state index is 0.234. The van der Waals surface area contributed by atoms with E-state index in [9.17, 15) is 4.79 Å². The van der Waals surface area contributed by atoms with Crippen LogP contribution in [0.1, 0.15) is 45.6 Å². The van der Waals surface area contributed by atoms with Crippen LogP contribution in [0, 0.1) is 0 Å². The normalized spacial score (nSPS) is 20.5. The molecule has 0 saturated carbocycles. The zero-order valence-corrected chi connectivity index (χ0v) is 17.9. The largest absolute Gasteiger partial charge is 0.456 e. The monoisotopic (exact) mass is 415 g/mol. The highest BCUT2D eigenvalue weighted by Gasteiger charge is 2.30. The van der Waals surface area contributed by atoms with E-state index < -0.39 is 11.8 Å². The van der Waals surface area contributed by atoms with E-state index in [1.165, 1.54) is 0 Å². The second-order valence-corrected chi connectivity index (χ2v) is 8.82. The number of aliphatic imine (C=N–C) groups is 1. The lowest BCUT2D eigenvalue weighted by molar-refractivity contribution is 0.0157. The number of aromatic nitrogens is 1. The van der Waals surface area contributed by atoms with Gasteiger partial charge in [0.05, 0.1) is 6.54 Å². The summed E-state index contributed by atoms with van der Waals surface area (Å²) in [5.41, 5.74) is 3.22. The van der Waals surface area contributed by atoms with Crippen LogP contribution < -0.4 is 5.48 Å². The van der Waals surface area contributed by atoms with Crippen LogP contribution >= 0.6 is 0 Å². The first kappa shape index (κ1) is 20.6. The van der Waals surface area contributed by atoms with Gasteiger partial charge in [-0.1, -0.05) is 0 Å². The Morgan fingerprint density at radius 2 is 2.13 bits per heavy atom. The molecular formula is C21H29N5O4. The third-order valence-corrected chi connectivity index (χ3v) is 5.28. The number of nitrogens with one attached hydrogen (secondary N) is 1. The van der Waals surface area contributed by atoms with Crippen LogP contribution in [-0.2, 0) is 9.57 Å². The molecule has 30 heavy (non-hydrogen) atoms. The van der Waals surface area contributed by atoms with Gasteiger partial charge in [-0.2, -0.15) is 0 Å². The van der Waals surface area contributed by atoms with Gasteiger partial charge in [-0.05, 0) is 52.8 Å². The summed E-state index contributed by atoms with van der Waals surface area (Å²) in [7, 11) is 2.07. The molecule has 1 fully saturated rings. The van der Waals surface area contributed by atoms with E-state index in [-0.39, 0.29) is 6.09 Å². The molecule has 9 heteroatoms. The van der Waals surface area contributed by atoms with E-state index in [0.29, 0.717) is 31.4 Å². The maximum Gasteiger partial charge on any atom is 0.410 e. The van der Waals surface area contributed by atoms with Gasteiger partial charge in [0, 0.05) is 36.9 Å². The van der Waals surface area contributed by atoms with Crippen molar-refractivity contribution in [2.45, 2.75) is 51.5 Å². The summed E-state index contributed by atoms with van der Waals surface area (Å²) < 4.78 is 11.3. The number of ether oxygens (including phenoxy) is 1. The summed E-state index contributed by atoms with van der Waals surface area (Å²) >= 11 is 0. The molecule has 1 atom stereocenters. The molecule has 0 aliphatic carbocycles. The fourth-order valence-corrected chi connectivity index (χ4v) is 3.72. The fraction of sp³-hybridized carbons (Fsp3) is 0.571. The number of carbonyl (C=O) groups is 1. The topological polar surface area (TPSA) is 92.4 Å². The summed E-state index contributed by atoms with van der Waals surface area (Å²) in [6.45, 7) is 7.68. The molecule has 2 aliphatic rings. The molecule has 2 aromatic rings. The number of amides is 1. The summed E-state index contributed by atoms with van der Waals surface area (Å²) in [6, 6.07) is 4.09. The van der Waals surface area contributed by atoms with Gasteiger partial charge in [0.1, 0.15) is 17.0 Å². The third-order valence-electron chi connectivity index (χ3n) is 5.28. The highest BCUT2D eigenvalue weighted by molar-refractivity contribution is 5.84. The van der Waals surface area contributed by atoms with E-state index in [4.69, 9.17) is 14.0 Å². The SMILES string of the molecule is CN(CC1=NC(c2cc3cnccc3o2)ON1)C1CCN(C(=O)OC(C)(C)C)CC1. The molecule has 1 saturated heterocycles. The number of fused-ring (bicyclic) bond motifs is 1. The highest BCUT2D eigenvalue weighted by Crippen LogP contribution is 2.28. The lowest BCUT2D eigenvalue weighted by Crippen LogP contribution is -2.48. The Morgan fingerprint density at radius 3 is 2.83 bits per heavy atom. The minimum atomic E-state index is -0.505. The fourth-order valence-electron chi connectivity index (χ4n) is 3.72. The zero-order valence-electron chi connectivity index (χ0n) is 17.9. The smallest absolute Gasteiger partial charge is 0.410 e. The van der Waals surface area contributed by atoms with E-state index in [2.05, 4.69) is 27.4 Å². The average molecular weight is 415 g/mol. The number of amidine groups is 1. The van der Waals surface area contributed by atoms with Crippen molar-refractivity contribution < 1.29 is 18.8 Å². The summed E-state index contributed by atoms with van der Waals surface area (Å²) in [5.74, 6) is 1.41. The second-order valence-electron chi connectivity index (χ2n) is 8.82. The third kappa shape index (κ3) is 4.73. The maximum atomic E-state index is 12.2. The molecular weight excluding hydrogens is 386 g/mol. The molecule has 162 valence electrons. The molecule has 0 bridgehead atoms. The predicted molar refractivity (Wildman–Crippen MR) is 112 cm³/mol. The Morgan fingerprint density at radius 1 is 1.37 bits per heavy atom. The highest BCUT2D eigenvalue weighted by atomic mass is 16.7. The predicted octanol–water partition coefficient (Wildman–Crippen LogP) is 3.09. The molecule has 2 aromatic heterocycles. The Hall–Kier alpha value is -2.65. The maximum absolute atomic E-state index is 12.2. The van der Waals surface area contributed by atoms with Crippen molar-refractivity contribution >= 4 is 22.9 Å². The van der Waals surface area contributed by atoms with Crippen molar-refractivity contribution in [1.29, 1.82) is 0 Å². The van der Waals surface area contributed by atoms with Crippen LogP contribution in [0.25, 0.3) is 11.0 Å². The van der Waals surface area contributed by atoms with Gasteiger partial charge in [0.2, 0.25) is 6.23 Å². The molecule has 4 rings (SSSR count). The van der Waals surface area contributed by atoms with Gasteiger partial charge in [-0.3, -0.25) is 9.88 Å². The van der Waals surface area contributed by atoms with Gasteiger partial charge in [-0.25, -0.2) is 20.1 Å². The molecule has 0 radical (unpaired) electrons. The lowest BCUT2D eigenvalue weighted by Gasteiger charge is -2.37. The molecule has 9 nitrogen and oxygen atoms in total. The van der Waals surface area contributed by atoms with Crippen LogP contribution in [-0.4, -0.2) is 65.0 Å². The molecule has 0 aromatic carbocycles. The average Bonchev–Trinajstić information content (AvgIpc) is 3.33. The number of likely N-dealkylation sites (N-methyl/N-ethyl adjacent to an activating group) is 1. The quantitative estimate of drug-likeness (QED) is 0.820. The Bertz CT molecular complexity index is 894. The van der Waals surface area contributed by atoms with Gasteiger partial charge in [-0.15, -0.1) is 0 Å². The first-order valence-corrected chi connectivity index (χ1v) is 10.3. The summed E-state index contributed by atoms with van der Waals surface area (Å²) in [5, 5.41) is 0.925. The van der Waals surface area contributed by atoms with Gasteiger partial charge in [0.15, 0.2) is 5.76 Å². The zero-order chi connectivity index (χ0) is 21.3. The van der Waals surface area contributed by atoms with Crippen molar-refractivity contribution in [3.05, 3.63) is 30.3 Å². The second kappa shape index (κ2) is 8.23. The van der Waals surface area contributed by atoms with Crippen LogP contribution in [0.4, 0.5) is 4.79 Å². The number of hydrogen-bond donors (Lipinski definition) is 1. The standard InChI is InChI=1S/C21H29N5O4/c1-21(2,3)29-20(27)26-9-6-15(7-10-26)25(4)13-18-23-19(30-24-18)17-11-14-12-22-8-5-16(14)28-17/h5,8,11-12,15,19H,6-7,9-10,13H2,1-4H3,(H,23,24). The van der Waals surface area contributed by atoms with Crippen molar-refractivity contribution in [2.24, 2.45) is 4.99 Å². The molecule has 1 unspecified atom stereocenters. The van der Waals surface area contributed by atoms with E-state index in [0.717, 1.165) is 29.6 Å². The van der Waals surface area contributed by atoms with E-state index in [1.54, 1.807) is 17.3 Å². The van der Waals surface area contributed by atoms with Crippen molar-refractivity contribution in [3.63, 3.8) is 0 Å². The number of hydrogen-bond acceptors (Lipinski definition) is 8. The van der Waals surface area contributed by atoms with Crippen molar-refractivity contribution in [1.82, 2.24) is 20.3 Å². The first-order valence-electron chi connectivity index (χ1n) is 10.3. The Labute approximate surface area is 176 Å². The van der Waals surface area contributed by atoms with E-state index in [1.807, 2.05) is 32.9 Å². The van der Waals surface area contributed by atoms with Crippen LogP contribution in [0.15, 0.2) is 33.9 Å². The van der Waals surface area contributed by atoms with E-state index >= 15 is 0 Å². The molecule has 1 N–H and O–H groups in total. The number of likely N-dealkylation sites (tertiary alicyclic amines) is 1. The summed E-state index contributed by atoms with van der Waals surface area (Å²) in [6.07, 6.45) is 4.50.